The highest BCUT2D eigenvalue weighted by molar-refractivity contribution is 9.10. The van der Waals surface area contributed by atoms with Crippen LogP contribution < -0.4 is 15.1 Å². The van der Waals surface area contributed by atoms with Gasteiger partial charge in [0.15, 0.2) is 0 Å². The lowest BCUT2D eigenvalue weighted by atomic mass is 9.76. The van der Waals surface area contributed by atoms with Crippen LogP contribution in [0.3, 0.4) is 0 Å². The number of halogens is 1. The second-order valence-electron chi connectivity index (χ2n) is 9.23. The van der Waals surface area contributed by atoms with Gasteiger partial charge in [0.1, 0.15) is 11.8 Å². The van der Waals surface area contributed by atoms with E-state index in [1.165, 1.54) is 21.2 Å². The molecule has 1 saturated heterocycles. The Hall–Kier alpha value is -2.69. The van der Waals surface area contributed by atoms with Crippen LogP contribution in [0.25, 0.3) is 0 Å². The van der Waals surface area contributed by atoms with E-state index in [0.29, 0.717) is 16.4 Å². The molecule has 3 heterocycles. The monoisotopic (exact) mass is 571 g/mol. The van der Waals surface area contributed by atoms with E-state index >= 15 is 0 Å². The Bertz CT molecular complexity index is 1410. The van der Waals surface area contributed by atoms with Crippen molar-refractivity contribution in [2.75, 3.05) is 10.2 Å². The smallest absolute Gasteiger partial charge is 0.308 e. The number of aryl methyl sites for hydroxylation is 1. The number of aromatic nitrogens is 1. The van der Waals surface area contributed by atoms with Gasteiger partial charge >= 0.3 is 4.87 Å². The lowest BCUT2D eigenvalue weighted by Gasteiger charge is -2.36. The first-order valence-electron chi connectivity index (χ1n) is 11.0. The molecule has 3 amide bonds. The molecule has 2 aromatic carbocycles. The Labute approximate surface area is 218 Å². The highest BCUT2D eigenvalue weighted by atomic mass is 79.9. The fourth-order valence-corrected chi connectivity index (χ4v) is 7.90. The minimum Gasteiger partial charge on any atom is -0.325 e. The van der Waals surface area contributed by atoms with Crippen LogP contribution in [0.15, 0.2) is 62.8 Å². The Balaban J connectivity index is 1.46. The summed E-state index contributed by atoms with van der Waals surface area (Å²) in [6, 6.07) is 14.4. The highest BCUT2D eigenvalue weighted by Gasteiger charge is 2.59. The van der Waals surface area contributed by atoms with Crippen LogP contribution in [0.4, 0.5) is 11.4 Å². The Morgan fingerprint density at radius 1 is 1.03 bits per heavy atom. The molecule has 7 nitrogen and oxygen atoms in total. The van der Waals surface area contributed by atoms with Crippen LogP contribution in [-0.4, -0.2) is 27.5 Å². The van der Waals surface area contributed by atoms with Crippen LogP contribution in [0.2, 0.25) is 0 Å². The van der Waals surface area contributed by atoms with Crippen LogP contribution in [0.5, 0.6) is 0 Å². The third kappa shape index (κ3) is 4.07. The van der Waals surface area contributed by atoms with Crippen LogP contribution >= 0.6 is 39.0 Å². The van der Waals surface area contributed by atoms with Crippen molar-refractivity contribution in [1.29, 1.82) is 0 Å². The van der Waals surface area contributed by atoms with Crippen molar-refractivity contribution in [2.45, 2.75) is 43.0 Å². The SMILES string of the molecule is Cc1ccc(NC(=O)Cn2c3c(sc2=O)C(C)(C)C2C(=O)N(c4ccc(Br)cc4)C(=O)C2S3)cc1. The third-order valence-corrected chi connectivity index (χ3v) is 9.78. The number of amides is 3. The zero-order chi connectivity index (χ0) is 25.1. The standard InChI is InChI=1S/C25H22BrN3O4S2/c1-13-4-8-15(9-5-13)27-17(30)12-28-23-20(35-24(28)33)25(2,3)18-19(34-23)22(32)29(21(18)31)16-10-6-14(26)7-11-16/h4-11,18-19H,12H2,1-3H3,(H,27,30). The molecule has 2 atom stereocenters. The molecular formula is C25H22BrN3O4S2. The van der Waals surface area contributed by atoms with Crippen molar-refractivity contribution in [3.8, 4) is 0 Å². The van der Waals surface area contributed by atoms with Crippen LogP contribution in [-0.2, 0) is 26.3 Å². The van der Waals surface area contributed by atoms with Crippen molar-refractivity contribution in [3.63, 3.8) is 0 Å². The van der Waals surface area contributed by atoms with Gasteiger partial charge in [-0.3, -0.25) is 23.7 Å². The van der Waals surface area contributed by atoms with E-state index < -0.39 is 16.6 Å². The number of carbonyl (C=O) groups excluding carboxylic acids is 3. The predicted molar refractivity (Wildman–Crippen MR) is 141 cm³/mol. The molecule has 2 aliphatic heterocycles. The average molecular weight is 573 g/mol. The van der Waals surface area contributed by atoms with Crippen LogP contribution in [0, 0.1) is 12.8 Å². The van der Waals surface area contributed by atoms with Crippen molar-refractivity contribution < 1.29 is 14.4 Å². The van der Waals surface area contributed by atoms with Gasteiger partial charge in [-0.25, -0.2) is 4.90 Å². The summed E-state index contributed by atoms with van der Waals surface area (Å²) in [6.45, 7) is 5.58. The van der Waals surface area contributed by atoms with Gasteiger partial charge in [0.2, 0.25) is 17.7 Å². The molecule has 2 aliphatic rings. The van der Waals surface area contributed by atoms with Gasteiger partial charge in [0, 0.05) is 20.5 Å². The Morgan fingerprint density at radius 2 is 1.69 bits per heavy atom. The van der Waals surface area contributed by atoms with Crippen LogP contribution in [0.1, 0.15) is 24.3 Å². The molecule has 5 rings (SSSR count). The summed E-state index contributed by atoms with van der Waals surface area (Å²) in [4.78, 5) is 54.3. The first kappa shape index (κ1) is 24.0. The van der Waals surface area contributed by atoms with E-state index in [4.69, 9.17) is 0 Å². The number of thioether (sulfide) groups is 1. The second-order valence-corrected chi connectivity index (χ2v) is 12.2. The number of thiazole rings is 1. The molecule has 35 heavy (non-hydrogen) atoms. The molecule has 0 saturated carbocycles. The minimum absolute atomic E-state index is 0.169. The average Bonchev–Trinajstić information content (AvgIpc) is 3.25. The summed E-state index contributed by atoms with van der Waals surface area (Å²) in [5.41, 5.74) is 1.50. The second kappa shape index (κ2) is 8.76. The summed E-state index contributed by atoms with van der Waals surface area (Å²) in [5.74, 6) is -1.51. The molecule has 0 aliphatic carbocycles. The van der Waals surface area contributed by atoms with Crippen molar-refractivity contribution in [1.82, 2.24) is 4.57 Å². The molecular weight excluding hydrogens is 550 g/mol. The molecule has 1 N–H and O–H groups in total. The summed E-state index contributed by atoms with van der Waals surface area (Å²) in [6.07, 6.45) is 0. The highest BCUT2D eigenvalue weighted by Crippen LogP contribution is 2.54. The van der Waals surface area contributed by atoms with E-state index in [9.17, 15) is 19.2 Å². The molecule has 2 unspecified atom stereocenters. The van der Waals surface area contributed by atoms with Crippen molar-refractivity contribution in [3.05, 3.63) is 73.1 Å². The van der Waals surface area contributed by atoms with Crippen molar-refractivity contribution in [2.24, 2.45) is 5.92 Å². The quantitative estimate of drug-likeness (QED) is 0.464. The van der Waals surface area contributed by atoms with E-state index in [-0.39, 0.29) is 29.1 Å². The topological polar surface area (TPSA) is 88.5 Å². The fourth-order valence-electron chi connectivity index (χ4n) is 4.59. The molecule has 10 heteroatoms. The number of anilines is 2. The Morgan fingerprint density at radius 3 is 2.34 bits per heavy atom. The number of fused-ring (bicyclic) bond motifs is 2. The zero-order valence-electron chi connectivity index (χ0n) is 19.2. The summed E-state index contributed by atoms with van der Waals surface area (Å²) < 4.78 is 2.27. The number of hydrogen-bond donors (Lipinski definition) is 1. The van der Waals surface area contributed by atoms with Gasteiger partial charge in [0.05, 0.1) is 16.6 Å². The van der Waals surface area contributed by atoms with Gasteiger partial charge in [-0.15, -0.1) is 0 Å². The number of nitrogens with one attached hydrogen (secondary N) is 1. The minimum atomic E-state index is -0.745. The molecule has 0 radical (unpaired) electrons. The van der Waals surface area contributed by atoms with Gasteiger partial charge < -0.3 is 5.32 Å². The number of benzene rings is 2. The molecule has 3 aromatic rings. The number of hydrogen-bond acceptors (Lipinski definition) is 6. The maximum absolute atomic E-state index is 13.5. The van der Waals surface area contributed by atoms with E-state index in [0.717, 1.165) is 26.3 Å². The van der Waals surface area contributed by atoms with Gasteiger partial charge in [-0.2, -0.15) is 0 Å². The van der Waals surface area contributed by atoms with E-state index in [1.54, 1.807) is 36.4 Å². The number of imide groups is 1. The van der Waals surface area contributed by atoms with Gasteiger partial charge in [-0.05, 0) is 43.3 Å². The lowest BCUT2D eigenvalue weighted by molar-refractivity contribution is -0.123. The number of rotatable bonds is 4. The normalized spacial score (nSPS) is 20.5. The van der Waals surface area contributed by atoms with E-state index in [1.807, 2.05) is 32.9 Å². The summed E-state index contributed by atoms with van der Waals surface area (Å²) in [5, 5.41) is 2.74. The van der Waals surface area contributed by atoms with E-state index in [2.05, 4.69) is 21.2 Å². The summed E-state index contributed by atoms with van der Waals surface area (Å²) in [7, 11) is 0. The Kier molecular flexibility index (Phi) is 6.01. The molecule has 0 spiro atoms. The zero-order valence-corrected chi connectivity index (χ0v) is 22.4. The molecule has 180 valence electrons. The maximum atomic E-state index is 13.5. The van der Waals surface area contributed by atoms with Gasteiger partial charge in [0.25, 0.3) is 0 Å². The largest absolute Gasteiger partial charge is 0.325 e. The number of carbonyl (C=O) groups is 3. The predicted octanol–water partition coefficient (Wildman–Crippen LogP) is 4.56. The number of nitrogens with zero attached hydrogens (tertiary/aromatic N) is 2. The summed E-state index contributed by atoms with van der Waals surface area (Å²) >= 11 is 5.64. The molecule has 0 bridgehead atoms. The van der Waals surface area contributed by atoms with Gasteiger partial charge in [-0.1, -0.05) is 70.6 Å². The molecule has 1 fully saturated rings. The fraction of sp³-hybridized carbons (Fsp3) is 0.280. The molecule has 1 aromatic heterocycles. The maximum Gasteiger partial charge on any atom is 0.308 e. The first-order chi connectivity index (χ1) is 16.6. The lowest BCUT2D eigenvalue weighted by Crippen LogP contribution is -2.41. The third-order valence-electron chi connectivity index (χ3n) is 6.43. The van der Waals surface area contributed by atoms with Crippen molar-refractivity contribution >= 4 is 68.1 Å². The first-order valence-corrected chi connectivity index (χ1v) is 13.5.